The highest BCUT2D eigenvalue weighted by Gasteiger charge is 2.22. The van der Waals surface area contributed by atoms with Crippen LogP contribution in [0.2, 0.25) is 0 Å². The number of esters is 2. The monoisotopic (exact) mass is 932 g/mol. The Balaban J connectivity index is 4.30. The molecule has 0 bridgehead atoms. The molecule has 2 atom stereocenters. The fourth-order valence-electron chi connectivity index (χ4n) is 7.84. The zero-order chi connectivity index (χ0) is 48.4. The van der Waals surface area contributed by atoms with Crippen LogP contribution in [-0.2, 0) is 33.3 Å². The van der Waals surface area contributed by atoms with Gasteiger partial charge in [0, 0.05) is 12.8 Å². The normalized spacial score (nSPS) is 13.0. The summed E-state index contributed by atoms with van der Waals surface area (Å²) in [6.45, 7) is 4.75. The summed E-state index contributed by atoms with van der Waals surface area (Å²) in [5.41, 5.74) is 0. The summed E-state index contributed by atoms with van der Waals surface area (Å²) < 4.78 is 22.7. The summed E-state index contributed by atoms with van der Waals surface area (Å²) >= 11 is 0. The summed E-state index contributed by atoms with van der Waals surface area (Å²) in [5, 5.41) is 11.8. The molecule has 0 spiro atoms. The number of hydrogen-bond donors (Lipinski definition) is 0. The Morgan fingerprint density at radius 1 is 0.455 bits per heavy atom. The number of carboxylic acid groups (broad SMARTS) is 1. The number of likely N-dealkylation sites (N-methyl/N-ethyl adjacent to an activating group) is 1. The number of quaternary nitrogens is 1. The second-order valence-electron chi connectivity index (χ2n) is 19.9. The minimum atomic E-state index is -1.62. The van der Waals surface area contributed by atoms with Crippen molar-refractivity contribution in [1.82, 2.24) is 0 Å². The maximum Gasteiger partial charge on any atom is 0.306 e. The highest BCUT2D eigenvalue weighted by molar-refractivity contribution is 5.70. The SMILES string of the molecule is CCCCCCC/C=C\C/C=C\C/C=C\CCCCCCCCC(=O)OC(COC(=O)CCCCCCCCCCCCCCCCCCCCCC)COC(OCC[N+](C)(C)C)C(=O)[O-]. The summed E-state index contributed by atoms with van der Waals surface area (Å²) in [6, 6.07) is 0. The van der Waals surface area contributed by atoms with E-state index in [1.54, 1.807) is 0 Å². The van der Waals surface area contributed by atoms with E-state index >= 15 is 0 Å². The molecule has 9 nitrogen and oxygen atoms in total. The zero-order valence-corrected chi connectivity index (χ0v) is 43.8. The van der Waals surface area contributed by atoms with E-state index in [9.17, 15) is 19.5 Å². The lowest BCUT2D eigenvalue weighted by Gasteiger charge is -2.26. The van der Waals surface area contributed by atoms with Crippen molar-refractivity contribution >= 4 is 17.9 Å². The molecule has 386 valence electrons. The standard InChI is InChI=1S/C57H105NO8/c1-6-8-10-12-14-16-18-20-22-24-26-28-30-32-34-36-38-40-42-44-46-48-55(60)66-53(52-65-57(56(61)62)63-50-49-58(3,4)5)51-64-54(59)47-45-43-41-39-37-35-33-31-29-27-25-23-21-19-17-15-13-11-9-7-2/h18,20,24,26,30,32,53,57H,6-17,19,21-23,25,27-29,31,33-52H2,1-5H3/b20-18-,26-24-,32-30-. The van der Waals surface area contributed by atoms with Crippen LogP contribution in [0.15, 0.2) is 36.5 Å². The molecule has 0 fully saturated rings. The Morgan fingerprint density at radius 2 is 0.818 bits per heavy atom. The van der Waals surface area contributed by atoms with Crippen LogP contribution in [0.3, 0.4) is 0 Å². The Kier molecular flexibility index (Phi) is 47.1. The van der Waals surface area contributed by atoms with Crippen molar-refractivity contribution in [2.75, 3.05) is 47.5 Å². The van der Waals surface area contributed by atoms with E-state index < -0.39 is 24.3 Å². The van der Waals surface area contributed by atoms with E-state index in [-0.39, 0.29) is 32.2 Å². The summed E-state index contributed by atoms with van der Waals surface area (Å²) in [5.74, 6) is -2.29. The van der Waals surface area contributed by atoms with Crippen LogP contribution in [0.25, 0.3) is 0 Å². The molecule has 0 rings (SSSR count). The molecule has 0 aliphatic rings. The van der Waals surface area contributed by atoms with Gasteiger partial charge < -0.3 is 33.3 Å². The minimum absolute atomic E-state index is 0.146. The summed E-state index contributed by atoms with van der Waals surface area (Å²) in [6.07, 6.45) is 54.6. The van der Waals surface area contributed by atoms with Gasteiger partial charge in [-0.3, -0.25) is 9.59 Å². The van der Waals surface area contributed by atoms with Crippen LogP contribution in [0, 0.1) is 0 Å². The second kappa shape index (κ2) is 48.9. The first kappa shape index (κ1) is 63.5. The van der Waals surface area contributed by atoms with Gasteiger partial charge in [-0.05, 0) is 51.4 Å². The van der Waals surface area contributed by atoms with Gasteiger partial charge in [-0.25, -0.2) is 0 Å². The Labute approximate surface area is 407 Å². The predicted octanol–water partition coefficient (Wildman–Crippen LogP) is 14.4. The largest absolute Gasteiger partial charge is 0.545 e. The topological polar surface area (TPSA) is 111 Å². The van der Waals surface area contributed by atoms with Crippen LogP contribution in [0.1, 0.15) is 251 Å². The second-order valence-corrected chi connectivity index (χ2v) is 19.9. The van der Waals surface area contributed by atoms with E-state index in [1.165, 1.54) is 148 Å². The molecule has 0 aromatic carbocycles. The number of nitrogens with zero attached hydrogens (tertiary/aromatic N) is 1. The molecule has 2 unspecified atom stereocenters. The molecule has 66 heavy (non-hydrogen) atoms. The molecular weight excluding hydrogens is 827 g/mol. The van der Waals surface area contributed by atoms with Gasteiger partial charge >= 0.3 is 11.9 Å². The number of aliphatic carboxylic acids is 1. The smallest absolute Gasteiger partial charge is 0.306 e. The van der Waals surface area contributed by atoms with Crippen molar-refractivity contribution in [3.8, 4) is 0 Å². The molecule has 9 heteroatoms. The van der Waals surface area contributed by atoms with Gasteiger partial charge in [-0.2, -0.15) is 0 Å². The molecule has 0 aromatic heterocycles. The van der Waals surface area contributed by atoms with E-state index in [0.29, 0.717) is 23.9 Å². The number of rotatable bonds is 51. The van der Waals surface area contributed by atoms with Crippen LogP contribution < -0.4 is 5.11 Å². The van der Waals surface area contributed by atoms with Gasteiger partial charge in [0.1, 0.15) is 13.2 Å². The van der Waals surface area contributed by atoms with Crippen molar-refractivity contribution in [2.24, 2.45) is 0 Å². The van der Waals surface area contributed by atoms with Crippen LogP contribution in [-0.4, -0.2) is 82.3 Å². The van der Waals surface area contributed by atoms with Crippen LogP contribution >= 0.6 is 0 Å². The minimum Gasteiger partial charge on any atom is -0.545 e. The summed E-state index contributed by atoms with van der Waals surface area (Å²) in [7, 11) is 5.92. The molecule has 0 aliphatic carbocycles. The number of unbranched alkanes of at least 4 members (excludes halogenated alkanes) is 30. The highest BCUT2D eigenvalue weighted by Crippen LogP contribution is 2.16. The van der Waals surface area contributed by atoms with Crippen molar-refractivity contribution in [2.45, 2.75) is 264 Å². The third-order valence-corrected chi connectivity index (χ3v) is 12.1. The third-order valence-electron chi connectivity index (χ3n) is 12.1. The Bertz CT molecular complexity index is 1180. The third kappa shape index (κ3) is 49.4. The van der Waals surface area contributed by atoms with Gasteiger partial charge in [-0.1, -0.05) is 224 Å². The molecule has 0 aliphatic heterocycles. The molecule has 0 saturated heterocycles. The van der Waals surface area contributed by atoms with Gasteiger partial charge in [0.2, 0.25) is 0 Å². The maximum atomic E-state index is 12.8. The van der Waals surface area contributed by atoms with Crippen molar-refractivity contribution in [3.05, 3.63) is 36.5 Å². The average Bonchev–Trinajstić information content (AvgIpc) is 3.28. The molecule has 0 amide bonds. The molecule has 0 radical (unpaired) electrons. The number of carboxylic acids is 1. The molecule has 0 aromatic rings. The zero-order valence-electron chi connectivity index (χ0n) is 43.8. The van der Waals surface area contributed by atoms with E-state index in [1.807, 2.05) is 21.1 Å². The number of hydrogen-bond acceptors (Lipinski definition) is 8. The number of carbonyl (C=O) groups is 3. The Hall–Kier alpha value is -2.49. The predicted molar refractivity (Wildman–Crippen MR) is 274 cm³/mol. The van der Waals surface area contributed by atoms with Crippen molar-refractivity contribution < 1.29 is 42.9 Å². The lowest BCUT2D eigenvalue weighted by molar-refractivity contribution is -0.870. The van der Waals surface area contributed by atoms with Crippen molar-refractivity contribution in [3.63, 3.8) is 0 Å². The fourth-order valence-corrected chi connectivity index (χ4v) is 7.84. The molecule has 0 N–H and O–H groups in total. The number of allylic oxidation sites excluding steroid dienone is 6. The van der Waals surface area contributed by atoms with Gasteiger partial charge in [0.05, 0.1) is 40.3 Å². The van der Waals surface area contributed by atoms with E-state index in [0.717, 1.165) is 70.6 Å². The first-order valence-corrected chi connectivity index (χ1v) is 27.6. The lowest BCUT2D eigenvalue weighted by Crippen LogP contribution is -2.44. The van der Waals surface area contributed by atoms with E-state index in [2.05, 4.69) is 50.3 Å². The van der Waals surface area contributed by atoms with Gasteiger partial charge in [0.15, 0.2) is 12.4 Å². The van der Waals surface area contributed by atoms with E-state index in [4.69, 9.17) is 18.9 Å². The maximum absolute atomic E-state index is 12.8. The first-order chi connectivity index (χ1) is 32.1. The summed E-state index contributed by atoms with van der Waals surface area (Å²) in [4.78, 5) is 37.2. The molecular formula is C57H105NO8. The average molecular weight is 932 g/mol. The lowest BCUT2D eigenvalue weighted by atomic mass is 10.0. The molecule has 0 heterocycles. The highest BCUT2D eigenvalue weighted by atomic mass is 16.7. The van der Waals surface area contributed by atoms with Crippen LogP contribution in [0.5, 0.6) is 0 Å². The quantitative estimate of drug-likeness (QED) is 0.0195. The molecule has 0 saturated carbocycles. The van der Waals surface area contributed by atoms with Crippen LogP contribution in [0.4, 0.5) is 0 Å². The Morgan fingerprint density at radius 3 is 1.21 bits per heavy atom. The van der Waals surface area contributed by atoms with Gasteiger partial charge in [-0.15, -0.1) is 0 Å². The van der Waals surface area contributed by atoms with Crippen molar-refractivity contribution in [1.29, 1.82) is 0 Å². The van der Waals surface area contributed by atoms with Gasteiger partial charge in [0.25, 0.3) is 0 Å². The fraction of sp³-hybridized carbons (Fsp3) is 0.842. The first-order valence-electron chi connectivity index (χ1n) is 27.6. The number of ether oxygens (including phenoxy) is 4. The number of carbonyl (C=O) groups excluding carboxylic acids is 3.